The second kappa shape index (κ2) is 8.50. The maximum Gasteiger partial charge on any atom is 0.252 e. The number of pyridine rings is 1. The zero-order valence-electron chi connectivity index (χ0n) is 13.3. The van der Waals surface area contributed by atoms with Gasteiger partial charge in [-0.05, 0) is 57.4 Å². The van der Waals surface area contributed by atoms with Gasteiger partial charge in [0.1, 0.15) is 0 Å². The monoisotopic (exact) mass is 332 g/mol. The van der Waals surface area contributed by atoms with E-state index in [1.54, 1.807) is 30.6 Å². The van der Waals surface area contributed by atoms with E-state index in [9.17, 15) is 4.79 Å². The second-order valence-corrected chi connectivity index (χ2v) is 5.94. The van der Waals surface area contributed by atoms with Crippen LogP contribution in [0, 0.1) is 0 Å². The lowest BCUT2D eigenvalue weighted by atomic mass is 10.2. The Hall–Kier alpha value is -2.11. The molecule has 1 aromatic carbocycles. The molecule has 0 spiro atoms. The highest BCUT2D eigenvalue weighted by molar-refractivity contribution is 6.30. The van der Waals surface area contributed by atoms with Gasteiger partial charge in [-0.25, -0.2) is 0 Å². The highest BCUT2D eigenvalue weighted by Gasteiger charge is 2.06. The van der Waals surface area contributed by atoms with Crippen molar-refractivity contribution < 1.29 is 4.79 Å². The Morgan fingerprint density at radius 1 is 1.17 bits per heavy atom. The lowest BCUT2D eigenvalue weighted by Gasteiger charge is -2.11. The Kier molecular flexibility index (Phi) is 6.38. The number of amides is 1. The van der Waals surface area contributed by atoms with E-state index in [4.69, 9.17) is 11.6 Å². The summed E-state index contributed by atoms with van der Waals surface area (Å²) in [6, 6.07) is 9.13. The van der Waals surface area contributed by atoms with E-state index in [1.165, 1.54) is 0 Å². The van der Waals surface area contributed by atoms with Crippen LogP contribution in [0.25, 0.3) is 0 Å². The van der Waals surface area contributed by atoms with Crippen LogP contribution in [0.15, 0.2) is 42.7 Å². The molecular formula is C17H21ClN4O. The normalized spacial score (nSPS) is 10.6. The number of halogens is 1. The van der Waals surface area contributed by atoms with Crippen molar-refractivity contribution >= 4 is 28.9 Å². The lowest BCUT2D eigenvalue weighted by Crippen LogP contribution is -2.27. The van der Waals surface area contributed by atoms with Gasteiger partial charge in [-0.15, -0.1) is 0 Å². The molecule has 0 aliphatic rings. The molecule has 0 saturated heterocycles. The lowest BCUT2D eigenvalue weighted by molar-refractivity contribution is 0.0952. The number of hydrogen-bond donors (Lipinski definition) is 2. The van der Waals surface area contributed by atoms with Crippen molar-refractivity contribution in [1.82, 2.24) is 15.2 Å². The Morgan fingerprint density at radius 3 is 2.61 bits per heavy atom. The molecule has 2 N–H and O–H groups in total. The number of carbonyl (C=O) groups excluding carboxylic acids is 1. The summed E-state index contributed by atoms with van der Waals surface area (Å²) >= 11 is 5.87. The topological polar surface area (TPSA) is 57.3 Å². The van der Waals surface area contributed by atoms with Crippen LogP contribution in [0.5, 0.6) is 0 Å². The molecule has 2 rings (SSSR count). The van der Waals surface area contributed by atoms with Gasteiger partial charge >= 0.3 is 0 Å². The molecule has 0 fully saturated rings. The van der Waals surface area contributed by atoms with Gasteiger partial charge in [0.2, 0.25) is 0 Å². The Morgan fingerprint density at radius 2 is 1.91 bits per heavy atom. The molecule has 0 saturated carbocycles. The second-order valence-electron chi connectivity index (χ2n) is 5.51. The predicted molar refractivity (Wildman–Crippen MR) is 94.5 cm³/mol. The molecule has 23 heavy (non-hydrogen) atoms. The molecular weight excluding hydrogens is 312 g/mol. The molecule has 0 aliphatic carbocycles. The quantitative estimate of drug-likeness (QED) is 0.765. The first-order chi connectivity index (χ1) is 11.0. The largest absolute Gasteiger partial charge is 0.354 e. The fourth-order valence-corrected chi connectivity index (χ4v) is 2.16. The van der Waals surface area contributed by atoms with Crippen molar-refractivity contribution in [2.75, 3.05) is 32.5 Å². The number of aromatic nitrogens is 1. The Balaban J connectivity index is 1.93. The van der Waals surface area contributed by atoms with Crippen molar-refractivity contribution in [3.8, 4) is 0 Å². The summed E-state index contributed by atoms with van der Waals surface area (Å²) in [5.74, 6) is -0.115. The molecule has 0 aliphatic heterocycles. The first kappa shape index (κ1) is 17.2. The molecule has 0 atom stereocenters. The highest BCUT2D eigenvalue weighted by atomic mass is 35.5. The fourth-order valence-electron chi connectivity index (χ4n) is 2.03. The van der Waals surface area contributed by atoms with E-state index in [2.05, 4.69) is 20.5 Å². The Bertz CT molecular complexity index is 643. The number of hydrogen-bond acceptors (Lipinski definition) is 4. The molecule has 0 bridgehead atoms. The van der Waals surface area contributed by atoms with E-state index >= 15 is 0 Å². The van der Waals surface area contributed by atoms with Gasteiger partial charge in [-0.3, -0.25) is 9.78 Å². The van der Waals surface area contributed by atoms with Gasteiger partial charge in [0.15, 0.2) is 0 Å². The predicted octanol–water partition coefficient (Wildman–Crippen LogP) is 3.16. The molecule has 122 valence electrons. The van der Waals surface area contributed by atoms with E-state index in [1.807, 2.05) is 26.2 Å². The van der Waals surface area contributed by atoms with Gasteiger partial charge in [-0.2, -0.15) is 0 Å². The van der Waals surface area contributed by atoms with Crippen LogP contribution in [0.4, 0.5) is 11.4 Å². The van der Waals surface area contributed by atoms with Crippen LogP contribution in [0.1, 0.15) is 16.8 Å². The molecule has 1 heterocycles. The summed E-state index contributed by atoms with van der Waals surface area (Å²) in [7, 11) is 4.02. The Labute approximate surface area is 141 Å². The summed E-state index contributed by atoms with van der Waals surface area (Å²) < 4.78 is 0. The van der Waals surface area contributed by atoms with Crippen LogP contribution >= 0.6 is 11.6 Å². The number of nitrogens with one attached hydrogen (secondary N) is 2. The summed E-state index contributed by atoms with van der Waals surface area (Å²) in [5, 5.41) is 6.78. The standard InChI is InChI=1S/C17H21ClN4O/c1-22(2)9-3-8-20-17(23)13-10-16(12-19-11-13)21-15-6-4-14(18)5-7-15/h4-7,10-12,21H,3,8-9H2,1-2H3,(H,20,23). The van der Waals surface area contributed by atoms with Crippen molar-refractivity contribution in [1.29, 1.82) is 0 Å². The van der Waals surface area contributed by atoms with Crippen molar-refractivity contribution in [2.45, 2.75) is 6.42 Å². The van der Waals surface area contributed by atoms with Crippen LogP contribution in [-0.4, -0.2) is 43.0 Å². The van der Waals surface area contributed by atoms with Crippen LogP contribution < -0.4 is 10.6 Å². The number of carbonyl (C=O) groups is 1. The zero-order chi connectivity index (χ0) is 16.7. The molecule has 1 amide bonds. The fraction of sp³-hybridized carbons (Fsp3) is 0.294. The first-order valence-corrected chi connectivity index (χ1v) is 7.83. The molecule has 2 aromatic rings. The third-order valence-corrected chi connectivity index (χ3v) is 3.45. The SMILES string of the molecule is CN(C)CCCNC(=O)c1cncc(Nc2ccc(Cl)cc2)c1. The number of nitrogens with zero attached hydrogens (tertiary/aromatic N) is 2. The van der Waals surface area contributed by atoms with Gasteiger partial charge in [0, 0.05) is 23.5 Å². The van der Waals surface area contributed by atoms with E-state index in [0.29, 0.717) is 17.1 Å². The van der Waals surface area contributed by atoms with Gasteiger partial charge in [0.05, 0.1) is 17.4 Å². The summed E-state index contributed by atoms with van der Waals surface area (Å²) in [6.07, 6.45) is 4.15. The molecule has 0 unspecified atom stereocenters. The number of rotatable bonds is 7. The molecule has 1 aromatic heterocycles. The molecule has 5 nitrogen and oxygen atoms in total. The third-order valence-electron chi connectivity index (χ3n) is 3.20. The first-order valence-electron chi connectivity index (χ1n) is 7.45. The van der Waals surface area contributed by atoms with Crippen molar-refractivity contribution in [2.24, 2.45) is 0 Å². The van der Waals surface area contributed by atoms with Gasteiger partial charge in [0.25, 0.3) is 5.91 Å². The third kappa shape index (κ3) is 5.88. The van der Waals surface area contributed by atoms with Crippen molar-refractivity contribution in [3.63, 3.8) is 0 Å². The number of benzene rings is 1. The van der Waals surface area contributed by atoms with E-state index in [0.717, 1.165) is 24.3 Å². The summed E-state index contributed by atoms with van der Waals surface area (Å²) in [5.41, 5.74) is 2.18. The van der Waals surface area contributed by atoms with Crippen LogP contribution in [-0.2, 0) is 0 Å². The molecule has 6 heteroatoms. The average Bonchev–Trinajstić information content (AvgIpc) is 2.54. The van der Waals surface area contributed by atoms with Crippen LogP contribution in [0.2, 0.25) is 5.02 Å². The number of anilines is 2. The summed E-state index contributed by atoms with van der Waals surface area (Å²) in [4.78, 5) is 18.3. The highest BCUT2D eigenvalue weighted by Crippen LogP contribution is 2.19. The minimum Gasteiger partial charge on any atom is -0.354 e. The van der Waals surface area contributed by atoms with Gasteiger partial charge < -0.3 is 15.5 Å². The van der Waals surface area contributed by atoms with Crippen LogP contribution in [0.3, 0.4) is 0 Å². The maximum atomic E-state index is 12.1. The minimum atomic E-state index is -0.115. The maximum absolute atomic E-state index is 12.1. The van der Waals surface area contributed by atoms with Gasteiger partial charge in [-0.1, -0.05) is 11.6 Å². The van der Waals surface area contributed by atoms with Crippen molar-refractivity contribution in [3.05, 3.63) is 53.3 Å². The minimum absolute atomic E-state index is 0.115. The summed E-state index contributed by atoms with van der Waals surface area (Å²) in [6.45, 7) is 1.59. The average molecular weight is 333 g/mol. The molecule has 0 radical (unpaired) electrons. The zero-order valence-corrected chi connectivity index (χ0v) is 14.1. The smallest absolute Gasteiger partial charge is 0.252 e. The van der Waals surface area contributed by atoms with E-state index < -0.39 is 0 Å². The van der Waals surface area contributed by atoms with E-state index in [-0.39, 0.29) is 5.91 Å².